The molecule has 0 spiro atoms. The van der Waals surface area contributed by atoms with Gasteiger partial charge in [0.15, 0.2) is 0 Å². The molecule has 2 heterocycles. The van der Waals surface area contributed by atoms with Crippen molar-refractivity contribution >= 4 is 0 Å². The molecule has 0 radical (unpaired) electrons. The molecule has 0 aromatic carbocycles. The molecule has 2 aromatic heterocycles. The minimum atomic E-state index is -4.36. The SMILES string of the molecule is Cc1ncc(CCn2nccn2)cc1C(F)(F)F. The molecule has 0 N–H and O–H groups in total. The molecule has 0 fully saturated rings. The highest BCUT2D eigenvalue weighted by molar-refractivity contribution is 5.27. The third kappa shape index (κ3) is 2.85. The first-order valence-electron chi connectivity index (χ1n) is 5.33. The lowest BCUT2D eigenvalue weighted by atomic mass is 10.1. The second kappa shape index (κ2) is 4.75. The van der Waals surface area contributed by atoms with Crippen molar-refractivity contribution < 1.29 is 13.2 Å². The number of hydrogen-bond acceptors (Lipinski definition) is 3. The summed E-state index contributed by atoms with van der Waals surface area (Å²) < 4.78 is 38.0. The summed E-state index contributed by atoms with van der Waals surface area (Å²) in [6.07, 6.45) is 0.541. The van der Waals surface area contributed by atoms with E-state index < -0.39 is 11.7 Å². The fourth-order valence-corrected chi connectivity index (χ4v) is 1.59. The van der Waals surface area contributed by atoms with Gasteiger partial charge in [-0.25, -0.2) is 0 Å². The minimum absolute atomic E-state index is 0.0107. The maximum Gasteiger partial charge on any atom is 0.418 e. The summed E-state index contributed by atoms with van der Waals surface area (Å²) in [6, 6.07) is 1.13. The third-order valence-electron chi connectivity index (χ3n) is 2.52. The smallest absolute Gasteiger partial charge is 0.261 e. The van der Waals surface area contributed by atoms with Crippen LogP contribution in [0, 0.1) is 6.92 Å². The average molecular weight is 256 g/mol. The van der Waals surface area contributed by atoms with Gasteiger partial charge in [0, 0.05) is 11.9 Å². The van der Waals surface area contributed by atoms with Crippen LogP contribution in [-0.2, 0) is 19.1 Å². The van der Waals surface area contributed by atoms with Crippen LogP contribution >= 0.6 is 0 Å². The van der Waals surface area contributed by atoms with Gasteiger partial charge in [-0.05, 0) is 25.0 Å². The van der Waals surface area contributed by atoms with Crippen molar-refractivity contribution in [3.8, 4) is 0 Å². The summed E-state index contributed by atoms with van der Waals surface area (Å²) in [4.78, 5) is 5.20. The highest BCUT2D eigenvalue weighted by Crippen LogP contribution is 2.31. The monoisotopic (exact) mass is 256 g/mol. The predicted octanol–water partition coefficient (Wildman–Crippen LogP) is 2.24. The molecule has 0 aliphatic carbocycles. The Morgan fingerprint density at radius 3 is 2.50 bits per heavy atom. The van der Waals surface area contributed by atoms with Crippen molar-refractivity contribution in [3.63, 3.8) is 0 Å². The summed E-state index contributed by atoms with van der Waals surface area (Å²) in [5.74, 6) is 0. The maximum atomic E-state index is 12.7. The zero-order valence-corrected chi connectivity index (χ0v) is 9.65. The van der Waals surface area contributed by atoms with Crippen LogP contribution in [-0.4, -0.2) is 20.0 Å². The van der Waals surface area contributed by atoms with Crippen molar-refractivity contribution in [2.45, 2.75) is 26.1 Å². The van der Waals surface area contributed by atoms with E-state index in [2.05, 4.69) is 15.2 Å². The lowest BCUT2D eigenvalue weighted by Gasteiger charge is -2.11. The lowest BCUT2D eigenvalue weighted by molar-refractivity contribution is -0.138. The summed E-state index contributed by atoms with van der Waals surface area (Å²) in [7, 11) is 0. The van der Waals surface area contributed by atoms with E-state index >= 15 is 0 Å². The predicted molar refractivity (Wildman–Crippen MR) is 57.7 cm³/mol. The maximum absolute atomic E-state index is 12.7. The van der Waals surface area contributed by atoms with E-state index in [4.69, 9.17) is 0 Å². The summed E-state index contributed by atoms with van der Waals surface area (Å²) in [6.45, 7) is 1.77. The second-order valence-electron chi connectivity index (χ2n) is 3.85. The quantitative estimate of drug-likeness (QED) is 0.845. The van der Waals surface area contributed by atoms with Crippen LogP contribution in [0.25, 0.3) is 0 Å². The van der Waals surface area contributed by atoms with Crippen LogP contribution in [0.2, 0.25) is 0 Å². The van der Waals surface area contributed by atoms with Crippen molar-refractivity contribution in [1.82, 2.24) is 20.0 Å². The molecule has 18 heavy (non-hydrogen) atoms. The van der Waals surface area contributed by atoms with Crippen LogP contribution < -0.4 is 0 Å². The number of aromatic nitrogens is 4. The van der Waals surface area contributed by atoms with E-state index in [9.17, 15) is 13.2 Å². The first-order chi connectivity index (χ1) is 8.47. The van der Waals surface area contributed by atoms with Crippen LogP contribution in [0.15, 0.2) is 24.7 Å². The molecule has 0 atom stereocenters. The summed E-state index contributed by atoms with van der Waals surface area (Å²) in [5.41, 5.74) is -0.179. The number of aryl methyl sites for hydroxylation is 3. The van der Waals surface area contributed by atoms with Crippen LogP contribution in [0.5, 0.6) is 0 Å². The first kappa shape index (κ1) is 12.5. The van der Waals surface area contributed by atoms with E-state index in [-0.39, 0.29) is 5.69 Å². The van der Waals surface area contributed by atoms with Gasteiger partial charge in [-0.3, -0.25) is 4.98 Å². The Labute approximate surface area is 101 Å². The molecule has 2 aromatic rings. The van der Waals surface area contributed by atoms with Gasteiger partial charge in [0.1, 0.15) is 0 Å². The van der Waals surface area contributed by atoms with E-state index in [1.807, 2.05) is 0 Å². The Bertz CT molecular complexity index is 520. The fraction of sp³-hybridized carbons (Fsp3) is 0.364. The highest BCUT2D eigenvalue weighted by atomic mass is 19.4. The Kier molecular flexibility index (Phi) is 3.31. The van der Waals surface area contributed by atoms with Gasteiger partial charge in [0.05, 0.1) is 24.5 Å². The van der Waals surface area contributed by atoms with Crippen molar-refractivity contribution in [2.75, 3.05) is 0 Å². The molecule has 96 valence electrons. The van der Waals surface area contributed by atoms with Crippen molar-refractivity contribution in [3.05, 3.63) is 41.5 Å². The average Bonchev–Trinajstić information content (AvgIpc) is 2.79. The molecule has 0 aliphatic heterocycles. The Balaban J connectivity index is 2.15. The molecule has 0 unspecified atom stereocenters. The Morgan fingerprint density at radius 1 is 1.22 bits per heavy atom. The van der Waals surface area contributed by atoms with Crippen molar-refractivity contribution in [2.24, 2.45) is 0 Å². The van der Waals surface area contributed by atoms with Crippen LogP contribution in [0.3, 0.4) is 0 Å². The van der Waals surface area contributed by atoms with Gasteiger partial charge in [0.2, 0.25) is 0 Å². The standard InChI is InChI=1S/C11H11F3N4/c1-8-10(11(12,13)14)6-9(7-15-8)2-5-18-16-3-4-17-18/h3-4,6-7H,2,5H2,1H3. The topological polar surface area (TPSA) is 43.6 Å². The Hall–Kier alpha value is -1.92. The Morgan fingerprint density at radius 2 is 1.89 bits per heavy atom. The van der Waals surface area contributed by atoms with E-state index in [0.29, 0.717) is 18.5 Å². The first-order valence-corrected chi connectivity index (χ1v) is 5.33. The molecule has 0 amide bonds. The van der Waals surface area contributed by atoms with Crippen molar-refractivity contribution in [1.29, 1.82) is 0 Å². The fourth-order valence-electron chi connectivity index (χ4n) is 1.59. The van der Waals surface area contributed by atoms with E-state index in [1.165, 1.54) is 30.3 Å². The second-order valence-corrected chi connectivity index (χ2v) is 3.85. The zero-order chi connectivity index (χ0) is 13.2. The van der Waals surface area contributed by atoms with Gasteiger partial charge in [-0.1, -0.05) is 0 Å². The number of alkyl halides is 3. The minimum Gasteiger partial charge on any atom is -0.261 e. The van der Waals surface area contributed by atoms with Gasteiger partial charge >= 0.3 is 6.18 Å². The summed E-state index contributed by atoms with van der Waals surface area (Å²) >= 11 is 0. The van der Waals surface area contributed by atoms with Crippen LogP contribution in [0.4, 0.5) is 13.2 Å². The number of rotatable bonds is 3. The number of pyridine rings is 1. The van der Waals surface area contributed by atoms with Gasteiger partial charge in [0.25, 0.3) is 0 Å². The lowest BCUT2D eigenvalue weighted by Crippen LogP contribution is -2.11. The normalized spacial score (nSPS) is 11.8. The van der Waals surface area contributed by atoms with Gasteiger partial charge in [-0.2, -0.15) is 28.2 Å². The molecular formula is C11H11F3N4. The molecule has 2 rings (SSSR count). The van der Waals surface area contributed by atoms with Gasteiger partial charge in [-0.15, -0.1) is 0 Å². The van der Waals surface area contributed by atoms with Crippen LogP contribution in [0.1, 0.15) is 16.8 Å². The molecule has 0 saturated carbocycles. The molecule has 0 aliphatic rings. The molecular weight excluding hydrogens is 245 g/mol. The van der Waals surface area contributed by atoms with Gasteiger partial charge < -0.3 is 0 Å². The molecule has 0 bridgehead atoms. The molecule has 0 saturated heterocycles. The zero-order valence-electron chi connectivity index (χ0n) is 9.65. The van der Waals surface area contributed by atoms with E-state index in [0.717, 1.165) is 6.07 Å². The largest absolute Gasteiger partial charge is 0.418 e. The number of nitrogens with zero attached hydrogens (tertiary/aromatic N) is 4. The highest BCUT2D eigenvalue weighted by Gasteiger charge is 2.33. The third-order valence-corrected chi connectivity index (χ3v) is 2.52. The van der Waals surface area contributed by atoms with E-state index in [1.54, 1.807) is 0 Å². The number of halogens is 3. The molecule has 7 heteroatoms. The molecule has 4 nitrogen and oxygen atoms in total. The number of hydrogen-bond donors (Lipinski definition) is 0. The summed E-state index contributed by atoms with van der Waals surface area (Å²) in [5, 5.41) is 7.77.